The van der Waals surface area contributed by atoms with Crippen LogP contribution in [0.25, 0.3) is 0 Å². The molecule has 2 atom stereocenters. The molecule has 2 N–H and O–H groups in total. The van der Waals surface area contributed by atoms with E-state index in [2.05, 4.69) is 6.58 Å². The highest BCUT2D eigenvalue weighted by Crippen LogP contribution is 2.39. The summed E-state index contributed by atoms with van der Waals surface area (Å²) in [5.41, 5.74) is -0.0884. The number of piperidine rings is 1. The Balaban J connectivity index is 2.23. The highest BCUT2D eigenvalue weighted by molar-refractivity contribution is 5.65. The zero-order valence-electron chi connectivity index (χ0n) is 12.9. The fraction of sp³-hybridized carbons (Fsp3) is 0.500. The molecule has 1 aromatic carbocycles. The predicted molar refractivity (Wildman–Crippen MR) is 86.7 cm³/mol. The van der Waals surface area contributed by atoms with Crippen molar-refractivity contribution in [2.45, 2.75) is 37.7 Å². The SMILES string of the molecule is C=CCCC[C@](O)(c1ccccc1)C1CCCN(C(=O)O)C1. The van der Waals surface area contributed by atoms with E-state index >= 15 is 0 Å². The van der Waals surface area contributed by atoms with Crippen LogP contribution in [0.5, 0.6) is 0 Å². The molecule has 4 heteroatoms. The van der Waals surface area contributed by atoms with Gasteiger partial charge in [0, 0.05) is 19.0 Å². The molecule has 1 aliphatic heterocycles. The molecule has 0 aromatic heterocycles. The van der Waals surface area contributed by atoms with Crippen LogP contribution in [-0.2, 0) is 5.60 Å². The summed E-state index contributed by atoms with van der Waals surface area (Å²) < 4.78 is 0. The molecule has 0 radical (unpaired) electrons. The number of likely N-dealkylation sites (tertiary alicyclic amines) is 1. The molecule has 1 unspecified atom stereocenters. The second kappa shape index (κ2) is 7.45. The molecule has 1 aromatic rings. The maximum Gasteiger partial charge on any atom is 0.407 e. The average molecular weight is 303 g/mol. The Hall–Kier alpha value is -1.81. The van der Waals surface area contributed by atoms with E-state index in [9.17, 15) is 15.0 Å². The molecule has 1 fully saturated rings. The van der Waals surface area contributed by atoms with Crippen LogP contribution in [0.3, 0.4) is 0 Å². The van der Waals surface area contributed by atoms with E-state index in [1.54, 1.807) is 0 Å². The van der Waals surface area contributed by atoms with Crippen LogP contribution >= 0.6 is 0 Å². The van der Waals surface area contributed by atoms with Crippen LogP contribution in [0, 0.1) is 5.92 Å². The number of hydrogen-bond donors (Lipinski definition) is 2. The van der Waals surface area contributed by atoms with Gasteiger partial charge in [-0.1, -0.05) is 36.4 Å². The molecule has 0 bridgehead atoms. The van der Waals surface area contributed by atoms with Gasteiger partial charge in [0.15, 0.2) is 0 Å². The third-order valence-corrected chi connectivity index (χ3v) is 4.61. The summed E-state index contributed by atoms with van der Waals surface area (Å²) in [6.07, 6.45) is 4.93. The van der Waals surface area contributed by atoms with Crippen LogP contribution in [-0.4, -0.2) is 34.3 Å². The highest BCUT2D eigenvalue weighted by Gasteiger charge is 2.40. The molecule has 0 spiro atoms. The number of nitrogens with zero attached hydrogens (tertiary/aromatic N) is 1. The Morgan fingerprint density at radius 2 is 2.14 bits per heavy atom. The number of allylic oxidation sites excluding steroid dienone is 1. The fourth-order valence-corrected chi connectivity index (χ4v) is 3.37. The summed E-state index contributed by atoms with van der Waals surface area (Å²) >= 11 is 0. The zero-order chi connectivity index (χ0) is 16.0. The molecule has 2 rings (SSSR count). The van der Waals surface area contributed by atoms with Gasteiger partial charge in [0.25, 0.3) is 0 Å². The molecule has 1 amide bonds. The molecule has 0 saturated carbocycles. The van der Waals surface area contributed by atoms with Crippen molar-refractivity contribution in [1.82, 2.24) is 4.90 Å². The highest BCUT2D eigenvalue weighted by atomic mass is 16.4. The summed E-state index contributed by atoms with van der Waals surface area (Å²) in [7, 11) is 0. The summed E-state index contributed by atoms with van der Waals surface area (Å²) in [6.45, 7) is 4.69. The van der Waals surface area contributed by atoms with Crippen molar-refractivity contribution in [2.24, 2.45) is 5.92 Å². The Labute approximate surface area is 132 Å². The van der Waals surface area contributed by atoms with Crippen LogP contribution in [0.1, 0.15) is 37.7 Å². The summed E-state index contributed by atoms with van der Waals surface area (Å²) in [4.78, 5) is 12.7. The topological polar surface area (TPSA) is 60.8 Å². The molecule has 1 saturated heterocycles. The van der Waals surface area contributed by atoms with Gasteiger partial charge in [-0.3, -0.25) is 0 Å². The molecular formula is C18H25NO3. The number of carboxylic acid groups (broad SMARTS) is 1. The third-order valence-electron chi connectivity index (χ3n) is 4.61. The van der Waals surface area contributed by atoms with E-state index in [0.29, 0.717) is 19.5 Å². The molecule has 120 valence electrons. The largest absolute Gasteiger partial charge is 0.465 e. The lowest BCUT2D eigenvalue weighted by atomic mass is 9.74. The van der Waals surface area contributed by atoms with Crippen LogP contribution in [0.2, 0.25) is 0 Å². The zero-order valence-corrected chi connectivity index (χ0v) is 12.9. The molecular weight excluding hydrogens is 278 g/mol. The number of unbranched alkanes of at least 4 members (excludes halogenated alkanes) is 1. The maximum absolute atomic E-state index is 11.4. The van der Waals surface area contributed by atoms with E-state index < -0.39 is 11.7 Å². The second-order valence-corrected chi connectivity index (χ2v) is 6.04. The van der Waals surface area contributed by atoms with Gasteiger partial charge in [0.2, 0.25) is 0 Å². The Bertz CT molecular complexity index is 502. The minimum Gasteiger partial charge on any atom is -0.465 e. The van der Waals surface area contributed by atoms with Gasteiger partial charge < -0.3 is 15.1 Å². The molecule has 1 heterocycles. The lowest BCUT2D eigenvalue weighted by Gasteiger charge is -2.42. The van der Waals surface area contributed by atoms with Crippen molar-refractivity contribution in [3.05, 3.63) is 48.6 Å². The number of benzene rings is 1. The lowest BCUT2D eigenvalue weighted by molar-refractivity contribution is -0.0574. The summed E-state index contributed by atoms with van der Waals surface area (Å²) in [5, 5.41) is 20.6. The van der Waals surface area contributed by atoms with Crippen molar-refractivity contribution >= 4 is 6.09 Å². The number of carbonyl (C=O) groups is 1. The Morgan fingerprint density at radius 3 is 2.77 bits per heavy atom. The normalized spacial score (nSPS) is 21.1. The minimum absolute atomic E-state index is 0.0652. The number of hydrogen-bond acceptors (Lipinski definition) is 2. The quantitative estimate of drug-likeness (QED) is 0.623. The first kappa shape index (κ1) is 16.6. The maximum atomic E-state index is 11.4. The average Bonchev–Trinajstić information content (AvgIpc) is 2.56. The Morgan fingerprint density at radius 1 is 1.41 bits per heavy atom. The van der Waals surface area contributed by atoms with Crippen molar-refractivity contribution < 1.29 is 15.0 Å². The van der Waals surface area contributed by atoms with Crippen LogP contribution in [0.15, 0.2) is 43.0 Å². The van der Waals surface area contributed by atoms with Crippen molar-refractivity contribution in [1.29, 1.82) is 0 Å². The lowest BCUT2D eigenvalue weighted by Crippen LogP contribution is -2.47. The molecule has 4 nitrogen and oxygen atoms in total. The van der Waals surface area contributed by atoms with Crippen molar-refractivity contribution in [3.8, 4) is 0 Å². The predicted octanol–water partition coefficient (Wildman–Crippen LogP) is 3.62. The first-order valence-electron chi connectivity index (χ1n) is 7.94. The second-order valence-electron chi connectivity index (χ2n) is 6.04. The number of aliphatic hydroxyl groups is 1. The van der Waals surface area contributed by atoms with E-state index in [0.717, 1.165) is 31.2 Å². The number of amides is 1. The van der Waals surface area contributed by atoms with Crippen molar-refractivity contribution in [3.63, 3.8) is 0 Å². The van der Waals surface area contributed by atoms with Gasteiger partial charge in [0.1, 0.15) is 0 Å². The van der Waals surface area contributed by atoms with Crippen molar-refractivity contribution in [2.75, 3.05) is 13.1 Å². The molecule has 1 aliphatic rings. The van der Waals surface area contributed by atoms with E-state index in [1.165, 1.54) is 4.90 Å². The third kappa shape index (κ3) is 3.69. The molecule has 22 heavy (non-hydrogen) atoms. The van der Waals surface area contributed by atoms with Gasteiger partial charge in [0.05, 0.1) is 5.60 Å². The van der Waals surface area contributed by atoms with Gasteiger partial charge in [-0.2, -0.15) is 0 Å². The summed E-state index contributed by atoms with van der Waals surface area (Å²) in [5.74, 6) is -0.0652. The summed E-state index contributed by atoms with van der Waals surface area (Å²) in [6, 6.07) is 9.65. The monoisotopic (exact) mass is 303 g/mol. The van der Waals surface area contributed by atoms with E-state index in [1.807, 2.05) is 36.4 Å². The smallest absolute Gasteiger partial charge is 0.407 e. The van der Waals surface area contributed by atoms with Crippen LogP contribution in [0.4, 0.5) is 4.79 Å². The molecule has 0 aliphatic carbocycles. The van der Waals surface area contributed by atoms with Gasteiger partial charge >= 0.3 is 6.09 Å². The first-order valence-corrected chi connectivity index (χ1v) is 7.94. The van der Waals surface area contributed by atoms with Crippen LogP contribution < -0.4 is 0 Å². The standard InChI is InChI=1S/C18H25NO3/c1-2-3-7-12-18(22,15-9-5-4-6-10-15)16-11-8-13-19(14-16)17(20)21/h2,4-6,9-10,16,22H,1,3,7-8,11-14H2,(H,20,21)/t16?,18-/m0/s1. The minimum atomic E-state index is -0.974. The van der Waals surface area contributed by atoms with E-state index in [4.69, 9.17) is 0 Å². The van der Waals surface area contributed by atoms with E-state index in [-0.39, 0.29) is 5.92 Å². The van der Waals surface area contributed by atoms with Gasteiger partial charge in [-0.25, -0.2) is 4.79 Å². The van der Waals surface area contributed by atoms with Gasteiger partial charge in [-0.05, 0) is 37.7 Å². The van der Waals surface area contributed by atoms with Gasteiger partial charge in [-0.15, -0.1) is 6.58 Å². The number of rotatable bonds is 6. The fourth-order valence-electron chi connectivity index (χ4n) is 3.37. The first-order chi connectivity index (χ1) is 10.6. The Kier molecular flexibility index (Phi) is 5.61.